The van der Waals surface area contributed by atoms with Gasteiger partial charge in [0.15, 0.2) is 11.9 Å². The number of benzene rings is 2. The summed E-state index contributed by atoms with van der Waals surface area (Å²) in [5.74, 6) is -0.126. The molecule has 0 saturated heterocycles. The van der Waals surface area contributed by atoms with Gasteiger partial charge >= 0.3 is 0 Å². The lowest BCUT2D eigenvalue weighted by Gasteiger charge is -2.12. The van der Waals surface area contributed by atoms with Crippen LogP contribution in [0.15, 0.2) is 42.5 Å². The number of rotatable bonds is 7. The smallest absolute Gasteiger partial charge is 0.272 e. The number of nitrogens with zero attached hydrogens (tertiary/aromatic N) is 2. The molecule has 2 aromatic rings. The Morgan fingerprint density at radius 1 is 1.38 bits per heavy atom. The maximum Gasteiger partial charge on any atom is 0.272 e. The van der Waals surface area contributed by atoms with E-state index in [2.05, 4.69) is 11.4 Å². The molecule has 7 heteroatoms. The summed E-state index contributed by atoms with van der Waals surface area (Å²) in [5, 5.41) is 22.4. The highest BCUT2D eigenvalue weighted by molar-refractivity contribution is 5.50. The van der Waals surface area contributed by atoms with Gasteiger partial charge in [-0.25, -0.2) is 4.39 Å². The Bertz CT molecular complexity index is 774. The molecule has 124 valence electrons. The molecular weight excluding hydrogens is 313 g/mol. The summed E-state index contributed by atoms with van der Waals surface area (Å²) in [4.78, 5) is 9.95. The van der Waals surface area contributed by atoms with Crippen LogP contribution < -0.4 is 10.1 Å². The van der Waals surface area contributed by atoms with Crippen molar-refractivity contribution in [2.24, 2.45) is 0 Å². The summed E-state index contributed by atoms with van der Waals surface area (Å²) < 4.78 is 19.4. The van der Waals surface area contributed by atoms with Crippen molar-refractivity contribution in [3.63, 3.8) is 0 Å². The molecule has 0 heterocycles. The number of nitriles is 1. The molecule has 6 nitrogen and oxygen atoms in total. The summed E-state index contributed by atoms with van der Waals surface area (Å²) >= 11 is 0. The molecule has 0 aliphatic carbocycles. The number of nitro benzene ring substituents is 1. The monoisotopic (exact) mass is 329 g/mol. The average Bonchev–Trinajstić information content (AvgIpc) is 2.58. The van der Waals surface area contributed by atoms with Crippen molar-refractivity contribution in [2.45, 2.75) is 26.0 Å². The third-order valence-electron chi connectivity index (χ3n) is 3.34. The molecule has 0 aliphatic heterocycles. The SMILES string of the molecule is CCC(C#N)Oc1cccc(CNc2ccc([N+](=O)[O-])cc2F)c1. The molecule has 0 saturated carbocycles. The van der Waals surface area contributed by atoms with E-state index in [1.807, 2.05) is 13.0 Å². The van der Waals surface area contributed by atoms with Crippen LogP contribution in [0.1, 0.15) is 18.9 Å². The number of anilines is 1. The molecule has 1 N–H and O–H groups in total. The largest absolute Gasteiger partial charge is 0.476 e. The highest BCUT2D eigenvalue weighted by Crippen LogP contribution is 2.22. The Labute approximate surface area is 138 Å². The first-order valence-electron chi connectivity index (χ1n) is 7.36. The lowest BCUT2D eigenvalue weighted by atomic mass is 10.2. The van der Waals surface area contributed by atoms with Gasteiger partial charge in [0.25, 0.3) is 5.69 Å². The summed E-state index contributed by atoms with van der Waals surface area (Å²) in [6.45, 7) is 2.17. The highest BCUT2D eigenvalue weighted by Gasteiger charge is 2.11. The fourth-order valence-electron chi connectivity index (χ4n) is 2.05. The first-order valence-corrected chi connectivity index (χ1v) is 7.36. The molecule has 0 fully saturated rings. The van der Waals surface area contributed by atoms with Crippen molar-refractivity contribution in [2.75, 3.05) is 5.32 Å². The van der Waals surface area contributed by atoms with E-state index in [1.54, 1.807) is 18.2 Å². The van der Waals surface area contributed by atoms with Crippen LogP contribution in [0.25, 0.3) is 0 Å². The second-order valence-corrected chi connectivity index (χ2v) is 5.07. The first kappa shape index (κ1) is 17.2. The molecule has 2 aromatic carbocycles. The number of ether oxygens (including phenoxy) is 1. The van der Waals surface area contributed by atoms with E-state index in [4.69, 9.17) is 10.00 Å². The predicted octanol–water partition coefficient (Wildman–Crippen LogP) is 4.03. The van der Waals surface area contributed by atoms with E-state index >= 15 is 0 Å². The minimum absolute atomic E-state index is 0.176. The molecule has 0 amide bonds. The van der Waals surface area contributed by atoms with Crippen LogP contribution in [0.3, 0.4) is 0 Å². The van der Waals surface area contributed by atoms with Crippen molar-refractivity contribution in [1.82, 2.24) is 0 Å². The summed E-state index contributed by atoms with van der Waals surface area (Å²) in [6, 6.07) is 12.6. The van der Waals surface area contributed by atoms with Gasteiger partial charge in [-0.15, -0.1) is 0 Å². The van der Waals surface area contributed by atoms with Crippen molar-refractivity contribution in [3.05, 3.63) is 64.0 Å². The van der Waals surface area contributed by atoms with Gasteiger partial charge in [0, 0.05) is 12.6 Å². The van der Waals surface area contributed by atoms with E-state index < -0.39 is 16.8 Å². The van der Waals surface area contributed by atoms with E-state index in [0.717, 1.165) is 11.6 Å². The lowest BCUT2D eigenvalue weighted by molar-refractivity contribution is -0.385. The van der Waals surface area contributed by atoms with Crippen LogP contribution in [0.4, 0.5) is 15.8 Å². The van der Waals surface area contributed by atoms with Gasteiger partial charge in [0.2, 0.25) is 0 Å². The molecular formula is C17H16FN3O3. The van der Waals surface area contributed by atoms with Gasteiger partial charge in [-0.05, 0) is 30.2 Å². The Kier molecular flexibility index (Phi) is 5.68. The van der Waals surface area contributed by atoms with Gasteiger partial charge in [0.05, 0.1) is 16.7 Å². The second kappa shape index (κ2) is 7.92. The Morgan fingerprint density at radius 3 is 2.79 bits per heavy atom. The summed E-state index contributed by atoms with van der Waals surface area (Å²) in [6.07, 6.45) is 0.0628. The number of nitrogens with one attached hydrogen (secondary N) is 1. The van der Waals surface area contributed by atoms with Crippen LogP contribution in [0.5, 0.6) is 5.75 Å². The molecule has 0 bridgehead atoms. The van der Waals surface area contributed by atoms with Crippen molar-refractivity contribution in [3.8, 4) is 11.8 Å². The molecule has 0 aromatic heterocycles. The normalized spacial score (nSPS) is 11.4. The quantitative estimate of drug-likeness (QED) is 0.612. The molecule has 0 aliphatic rings. The second-order valence-electron chi connectivity index (χ2n) is 5.07. The Morgan fingerprint density at radius 2 is 2.17 bits per heavy atom. The van der Waals surface area contributed by atoms with Crippen LogP contribution in [0, 0.1) is 27.3 Å². The Hall–Kier alpha value is -3.14. The van der Waals surface area contributed by atoms with Crippen LogP contribution in [0.2, 0.25) is 0 Å². The fraction of sp³-hybridized carbons (Fsp3) is 0.235. The molecule has 0 spiro atoms. The predicted molar refractivity (Wildman–Crippen MR) is 87.1 cm³/mol. The number of hydrogen-bond donors (Lipinski definition) is 1. The minimum atomic E-state index is -0.688. The maximum absolute atomic E-state index is 13.8. The molecule has 1 unspecified atom stereocenters. The zero-order valence-electron chi connectivity index (χ0n) is 13.0. The van der Waals surface area contributed by atoms with E-state index in [-0.39, 0.29) is 11.4 Å². The molecule has 1 atom stereocenters. The van der Waals surface area contributed by atoms with Gasteiger partial charge in [-0.2, -0.15) is 5.26 Å². The minimum Gasteiger partial charge on any atom is -0.476 e. The third kappa shape index (κ3) is 4.43. The van der Waals surface area contributed by atoms with Crippen molar-refractivity contribution >= 4 is 11.4 Å². The topological polar surface area (TPSA) is 88.2 Å². The maximum atomic E-state index is 13.8. The highest BCUT2D eigenvalue weighted by atomic mass is 19.1. The van der Waals surface area contributed by atoms with Crippen molar-refractivity contribution in [1.29, 1.82) is 5.26 Å². The van der Waals surface area contributed by atoms with Crippen molar-refractivity contribution < 1.29 is 14.1 Å². The molecule has 2 rings (SSSR count). The zero-order valence-corrected chi connectivity index (χ0v) is 13.0. The summed E-state index contributed by atoms with van der Waals surface area (Å²) in [7, 11) is 0. The fourth-order valence-corrected chi connectivity index (χ4v) is 2.05. The van der Waals surface area contributed by atoms with E-state index in [0.29, 0.717) is 18.7 Å². The Balaban J connectivity index is 2.04. The number of halogens is 1. The van der Waals surface area contributed by atoms with Gasteiger partial charge in [-0.1, -0.05) is 19.1 Å². The molecule has 24 heavy (non-hydrogen) atoms. The van der Waals surface area contributed by atoms with Gasteiger partial charge in [-0.3, -0.25) is 10.1 Å². The zero-order chi connectivity index (χ0) is 17.5. The standard InChI is InChI=1S/C17H16FN3O3/c1-2-14(10-19)24-15-5-3-4-12(8-15)11-20-17-7-6-13(21(22)23)9-16(17)18/h3-9,14,20H,2,11H2,1H3. The van der Waals surface area contributed by atoms with E-state index in [9.17, 15) is 14.5 Å². The third-order valence-corrected chi connectivity index (χ3v) is 3.34. The number of non-ortho nitro benzene ring substituents is 1. The van der Waals surface area contributed by atoms with E-state index in [1.165, 1.54) is 12.1 Å². The van der Waals surface area contributed by atoms with Crippen LogP contribution in [-0.2, 0) is 6.54 Å². The van der Waals surface area contributed by atoms with Gasteiger partial charge < -0.3 is 10.1 Å². The molecule has 0 radical (unpaired) electrons. The van der Waals surface area contributed by atoms with Crippen LogP contribution >= 0.6 is 0 Å². The van der Waals surface area contributed by atoms with Crippen LogP contribution in [-0.4, -0.2) is 11.0 Å². The average molecular weight is 329 g/mol. The number of nitro groups is 1. The summed E-state index contributed by atoms with van der Waals surface area (Å²) in [5.41, 5.74) is 0.712. The van der Waals surface area contributed by atoms with Gasteiger partial charge in [0.1, 0.15) is 11.8 Å². The first-order chi connectivity index (χ1) is 11.5. The lowest BCUT2D eigenvalue weighted by Crippen LogP contribution is -2.12. The number of hydrogen-bond acceptors (Lipinski definition) is 5.